The number of nitrogens with zero attached hydrogens (tertiary/aromatic N) is 1. The number of rotatable bonds is 65. The summed E-state index contributed by atoms with van der Waals surface area (Å²) in [4.78, 5) is 40.1. The fourth-order valence-corrected chi connectivity index (χ4v) is 11.3. The molecule has 0 bridgehead atoms. The van der Waals surface area contributed by atoms with Gasteiger partial charge in [0.15, 0.2) is 0 Å². The van der Waals surface area contributed by atoms with E-state index in [1.54, 1.807) is 0 Å². The second-order valence-corrected chi connectivity index (χ2v) is 26.8. The number of unbranched alkanes of at least 4 members (excludes halogenated alkanes) is 45. The molecule has 0 rings (SSSR count). The maximum absolute atomic E-state index is 13.6. The lowest BCUT2D eigenvalue weighted by Gasteiger charge is -2.30. The van der Waals surface area contributed by atoms with Crippen LogP contribution in [0.1, 0.15) is 355 Å². The standard InChI is InChI=1S/C71H137N2O7P/c1-7-10-13-16-19-22-25-27-29-31-33-34-35-36-37-38-40-42-44-46-49-52-55-58-61-64-71(75)80-69(62-59-56-53-50-47-24-21-18-15-12-9-3)68(67-79-81(76,77)78-66-65-73(4,5)6)72-70(74)63-60-57-54-51-48-45-43-41-39-32-30-28-26-23-20-17-14-11-8-2/h19,22,27,29,59,62,68-69H,7-18,20-21,23-26,28,30-58,60-61,63-67H2,1-6H3,(H-,72,74,76,77)/b22-19-,29-27-,62-59+. The number of allylic oxidation sites excluding steroid dienone is 5. The first-order valence-electron chi connectivity index (χ1n) is 35.3. The third kappa shape index (κ3) is 62.6. The summed E-state index contributed by atoms with van der Waals surface area (Å²) in [5, 5.41) is 3.05. The molecule has 1 amide bonds. The third-order valence-corrected chi connectivity index (χ3v) is 17.0. The van der Waals surface area contributed by atoms with Crippen molar-refractivity contribution < 1.29 is 37.3 Å². The van der Waals surface area contributed by atoms with Gasteiger partial charge in [-0.25, -0.2) is 0 Å². The van der Waals surface area contributed by atoms with Crippen LogP contribution in [-0.4, -0.2) is 69.4 Å². The monoisotopic (exact) mass is 1160 g/mol. The van der Waals surface area contributed by atoms with E-state index in [1.807, 2.05) is 33.3 Å². The van der Waals surface area contributed by atoms with Crippen LogP contribution in [0, 0.1) is 0 Å². The Labute approximate surface area is 504 Å². The molecular formula is C71H137N2O7P. The van der Waals surface area contributed by atoms with E-state index in [4.69, 9.17) is 13.8 Å². The van der Waals surface area contributed by atoms with Gasteiger partial charge in [0.05, 0.1) is 33.8 Å². The Morgan fingerprint density at radius 1 is 0.432 bits per heavy atom. The van der Waals surface area contributed by atoms with Gasteiger partial charge in [-0.2, -0.15) is 0 Å². The van der Waals surface area contributed by atoms with Crippen molar-refractivity contribution >= 4 is 19.7 Å². The summed E-state index contributed by atoms with van der Waals surface area (Å²) in [7, 11) is 1.20. The number of hydrogen-bond acceptors (Lipinski definition) is 7. The predicted octanol–water partition coefficient (Wildman–Crippen LogP) is 21.6. The van der Waals surface area contributed by atoms with Crippen molar-refractivity contribution in [3.63, 3.8) is 0 Å². The number of phosphoric acid groups is 1. The van der Waals surface area contributed by atoms with Gasteiger partial charge in [-0.3, -0.25) is 14.2 Å². The Kier molecular flexibility index (Phi) is 60.0. The number of hydrogen-bond donors (Lipinski definition) is 1. The average Bonchev–Trinajstić information content (AvgIpc) is 3.43. The zero-order valence-electron chi connectivity index (χ0n) is 54.8. The van der Waals surface area contributed by atoms with Crippen LogP contribution < -0.4 is 10.2 Å². The zero-order valence-corrected chi connectivity index (χ0v) is 55.7. The lowest BCUT2D eigenvalue weighted by Crippen LogP contribution is -2.47. The Morgan fingerprint density at radius 3 is 1.14 bits per heavy atom. The van der Waals surface area contributed by atoms with Gasteiger partial charge in [-0.1, -0.05) is 314 Å². The van der Waals surface area contributed by atoms with Crippen molar-refractivity contribution in [1.82, 2.24) is 5.32 Å². The molecule has 1 N–H and O–H groups in total. The number of carbonyl (C=O) groups excluding carboxylic acids is 2. The molecule has 0 heterocycles. The highest BCUT2D eigenvalue weighted by atomic mass is 31.2. The van der Waals surface area contributed by atoms with E-state index in [9.17, 15) is 19.0 Å². The average molecular weight is 1160 g/mol. The molecule has 0 aromatic heterocycles. The third-order valence-electron chi connectivity index (χ3n) is 16.1. The molecule has 3 unspecified atom stereocenters. The molecule has 0 aliphatic carbocycles. The molecule has 0 radical (unpaired) electrons. The van der Waals surface area contributed by atoms with Crippen molar-refractivity contribution in [1.29, 1.82) is 0 Å². The molecule has 10 heteroatoms. The molecule has 0 aromatic carbocycles. The Bertz CT molecular complexity index is 1480. The minimum Gasteiger partial charge on any atom is -0.756 e. The molecule has 9 nitrogen and oxygen atoms in total. The van der Waals surface area contributed by atoms with Gasteiger partial charge in [0.25, 0.3) is 7.82 Å². The van der Waals surface area contributed by atoms with Crippen LogP contribution in [0.25, 0.3) is 0 Å². The van der Waals surface area contributed by atoms with E-state index in [0.717, 1.165) is 64.2 Å². The van der Waals surface area contributed by atoms with Gasteiger partial charge in [0.2, 0.25) is 5.91 Å². The number of ether oxygens (including phenoxy) is 1. The van der Waals surface area contributed by atoms with Crippen LogP contribution >= 0.6 is 7.82 Å². The summed E-state index contributed by atoms with van der Waals surface area (Å²) in [6.45, 7) is 6.87. The van der Waals surface area contributed by atoms with Crippen LogP contribution in [0.2, 0.25) is 0 Å². The first-order chi connectivity index (χ1) is 39.4. The van der Waals surface area contributed by atoms with Gasteiger partial charge in [-0.05, 0) is 63.9 Å². The number of phosphoric ester groups is 1. The Hall–Kier alpha value is -1.77. The minimum atomic E-state index is -4.70. The second kappa shape index (κ2) is 61.3. The quantitative estimate of drug-likeness (QED) is 0.0212. The highest BCUT2D eigenvalue weighted by Crippen LogP contribution is 2.38. The summed E-state index contributed by atoms with van der Waals surface area (Å²) in [5.41, 5.74) is 0. The normalized spacial score (nSPS) is 13.7. The van der Waals surface area contributed by atoms with Gasteiger partial charge in [0, 0.05) is 12.8 Å². The summed E-state index contributed by atoms with van der Waals surface area (Å²) < 4.78 is 30.4. The van der Waals surface area contributed by atoms with Crippen molar-refractivity contribution in [2.24, 2.45) is 0 Å². The molecule has 0 aliphatic heterocycles. The molecule has 81 heavy (non-hydrogen) atoms. The van der Waals surface area contributed by atoms with E-state index in [2.05, 4.69) is 50.4 Å². The number of esters is 1. The highest BCUT2D eigenvalue weighted by Gasteiger charge is 2.27. The number of nitrogens with one attached hydrogen (secondary N) is 1. The lowest BCUT2D eigenvalue weighted by molar-refractivity contribution is -0.870. The van der Waals surface area contributed by atoms with Gasteiger partial charge in [-0.15, -0.1) is 0 Å². The first-order valence-corrected chi connectivity index (χ1v) is 36.8. The summed E-state index contributed by atoms with van der Waals surface area (Å²) in [6, 6.07) is -0.884. The smallest absolute Gasteiger partial charge is 0.306 e. The largest absolute Gasteiger partial charge is 0.756 e. The summed E-state index contributed by atoms with van der Waals surface area (Å²) >= 11 is 0. The Balaban J connectivity index is 4.99. The van der Waals surface area contributed by atoms with E-state index >= 15 is 0 Å². The fraction of sp³-hybridized carbons (Fsp3) is 0.887. The molecule has 0 saturated carbocycles. The molecule has 0 fully saturated rings. The molecule has 0 aliphatic rings. The van der Waals surface area contributed by atoms with Crippen molar-refractivity contribution in [2.75, 3.05) is 40.9 Å². The van der Waals surface area contributed by atoms with Gasteiger partial charge < -0.3 is 28.5 Å². The summed E-state index contributed by atoms with van der Waals surface area (Å²) in [6.07, 6.45) is 75.5. The van der Waals surface area contributed by atoms with Crippen LogP contribution in [0.5, 0.6) is 0 Å². The topological polar surface area (TPSA) is 114 Å². The van der Waals surface area contributed by atoms with Crippen LogP contribution in [0.3, 0.4) is 0 Å². The van der Waals surface area contributed by atoms with E-state index < -0.39 is 20.0 Å². The van der Waals surface area contributed by atoms with Gasteiger partial charge in [0.1, 0.15) is 19.3 Å². The molecule has 478 valence electrons. The Morgan fingerprint density at radius 2 is 0.753 bits per heavy atom. The lowest BCUT2D eigenvalue weighted by atomic mass is 10.0. The SMILES string of the molecule is CCCCC/C=C\C/C=C\CCCCCCCCCCCCCCCCCC(=O)OC(/C=C/CCCCCCCCCCC)C(COP(=O)([O-])OCC[N+](C)(C)C)NC(=O)CCCCCCCCCCCCCCCCCCCCC. The van der Waals surface area contributed by atoms with Crippen molar-refractivity contribution in [3.8, 4) is 0 Å². The minimum absolute atomic E-state index is 0.0189. The van der Waals surface area contributed by atoms with Crippen molar-refractivity contribution in [2.45, 2.75) is 367 Å². The van der Waals surface area contributed by atoms with Crippen molar-refractivity contribution in [3.05, 3.63) is 36.5 Å². The van der Waals surface area contributed by atoms with E-state index in [0.29, 0.717) is 17.4 Å². The molecule has 0 aromatic rings. The number of likely N-dealkylation sites (N-methyl/N-ethyl adjacent to an activating group) is 1. The van der Waals surface area contributed by atoms with Gasteiger partial charge >= 0.3 is 5.97 Å². The van der Waals surface area contributed by atoms with E-state index in [1.165, 1.54) is 257 Å². The number of quaternary nitrogens is 1. The molecule has 0 spiro atoms. The maximum Gasteiger partial charge on any atom is 0.306 e. The van der Waals surface area contributed by atoms with Crippen LogP contribution in [0.15, 0.2) is 36.5 Å². The van der Waals surface area contributed by atoms with Crippen LogP contribution in [0.4, 0.5) is 0 Å². The highest BCUT2D eigenvalue weighted by molar-refractivity contribution is 7.45. The number of carbonyl (C=O) groups is 2. The first kappa shape index (κ1) is 79.2. The predicted molar refractivity (Wildman–Crippen MR) is 349 cm³/mol. The zero-order chi connectivity index (χ0) is 59.3. The maximum atomic E-state index is 13.6. The molecular weight excluding hydrogens is 1020 g/mol. The molecule has 3 atom stereocenters. The number of amides is 1. The molecule has 0 saturated heterocycles. The second-order valence-electron chi connectivity index (χ2n) is 25.4. The fourth-order valence-electron chi connectivity index (χ4n) is 10.6. The van der Waals surface area contributed by atoms with E-state index in [-0.39, 0.29) is 31.5 Å². The summed E-state index contributed by atoms with van der Waals surface area (Å²) in [5.74, 6) is -0.521. The van der Waals surface area contributed by atoms with Crippen LogP contribution in [-0.2, 0) is 27.9 Å².